The maximum atomic E-state index is 9.32. The average Bonchev–Trinajstić information content (AvgIpc) is 3.56. The quantitative estimate of drug-likeness (QED) is 0.191. The van der Waals surface area contributed by atoms with Crippen LogP contribution in [0.15, 0.2) is 138 Å². The molecule has 226 valence electrons. The number of aromatic nitrogens is 4. The standard InChI is InChI=1S/C42H22N6O/c43-21-25-13-15-45-37(17-25)35-11-9-27(23-47-35)33-19-39-41(31-7-3-1-5-29(31)33)42-32-8-4-2-6-30(32)34(20-40(42)49-39)28-10-12-36(48-24-28)38-18-26(22-44)14-16-46-38/h1-20,23-24H. The summed E-state index contributed by atoms with van der Waals surface area (Å²) in [6, 6.07) is 40.1. The number of benzene rings is 4. The predicted molar refractivity (Wildman–Crippen MR) is 191 cm³/mol. The van der Waals surface area contributed by atoms with Crippen LogP contribution >= 0.6 is 0 Å². The summed E-state index contributed by atoms with van der Waals surface area (Å²) < 4.78 is 6.71. The van der Waals surface area contributed by atoms with E-state index in [2.05, 4.69) is 82.8 Å². The van der Waals surface area contributed by atoms with Gasteiger partial charge in [0.05, 0.1) is 46.0 Å². The molecule has 7 nitrogen and oxygen atoms in total. The minimum Gasteiger partial charge on any atom is -0.456 e. The van der Waals surface area contributed by atoms with E-state index in [4.69, 9.17) is 14.4 Å². The zero-order valence-corrected chi connectivity index (χ0v) is 25.8. The highest BCUT2D eigenvalue weighted by atomic mass is 16.3. The Morgan fingerprint density at radius 3 is 1.31 bits per heavy atom. The van der Waals surface area contributed by atoms with Gasteiger partial charge in [0.15, 0.2) is 0 Å². The molecule has 0 bridgehead atoms. The number of pyridine rings is 4. The fourth-order valence-corrected chi connectivity index (χ4v) is 6.66. The first kappa shape index (κ1) is 28.0. The summed E-state index contributed by atoms with van der Waals surface area (Å²) in [7, 11) is 0. The summed E-state index contributed by atoms with van der Waals surface area (Å²) in [6.45, 7) is 0. The maximum absolute atomic E-state index is 9.32. The van der Waals surface area contributed by atoms with Crippen molar-refractivity contribution in [3.63, 3.8) is 0 Å². The highest BCUT2D eigenvalue weighted by Crippen LogP contribution is 2.44. The molecule has 7 heteroatoms. The number of furan rings is 1. The molecule has 0 aliphatic carbocycles. The summed E-state index contributed by atoms with van der Waals surface area (Å²) in [5.41, 5.74) is 9.28. The molecule has 49 heavy (non-hydrogen) atoms. The van der Waals surface area contributed by atoms with Crippen molar-refractivity contribution < 1.29 is 4.42 Å². The maximum Gasteiger partial charge on any atom is 0.136 e. The first-order chi connectivity index (χ1) is 24.2. The monoisotopic (exact) mass is 626 g/mol. The minimum absolute atomic E-state index is 0.542. The molecule has 0 saturated carbocycles. The molecule has 0 unspecified atom stereocenters. The van der Waals surface area contributed by atoms with Gasteiger partial charge in [0, 0.05) is 46.7 Å². The van der Waals surface area contributed by atoms with Crippen molar-refractivity contribution in [3.8, 4) is 57.2 Å². The van der Waals surface area contributed by atoms with E-state index in [0.29, 0.717) is 33.9 Å². The van der Waals surface area contributed by atoms with Gasteiger partial charge in [-0.05, 0) is 81.2 Å². The predicted octanol–water partition coefficient (Wildman–Crippen LogP) is 9.88. The van der Waals surface area contributed by atoms with Crippen LogP contribution in [0.2, 0.25) is 0 Å². The van der Waals surface area contributed by atoms with E-state index < -0.39 is 0 Å². The molecule has 5 heterocycles. The van der Waals surface area contributed by atoms with Crippen molar-refractivity contribution in [1.82, 2.24) is 19.9 Å². The molecule has 0 N–H and O–H groups in total. The highest BCUT2D eigenvalue weighted by Gasteiger charge is 2.19. The first-order valence-electron chi connectivity index (χ1n) is 15.6. The lowest BCUT2D eigenvalue weighted by atomic mass is 9.92. The van der Waals surface area contributed by atoms with Gasteiger partial charge in [0.1, 0.15) is 11.2 Å². The van der Waals surface area contributed by atoms with Gasteiger partial charge in [0.25, 0.3) is 0 Å². The topological polar surface area (TPSA) is 112 Å². The van der Waals surface area contributed by atoms with E-state index in [1.807, 2.05) is 36.7 Å². The molecule has 4 aromatic carbocycles. The lowest BCUT2D eigenvalue weighted by Crippen LogP contribution is -1.90. The fourth-order valence-electron chi connectivity index (χ4n) is 6.66. The molecule has 0 amide bonds. The number of hydrogen-bond donors (Lipinski definition) is 0. The second kappa shape index (κ2) is 11.2. The lowest BCUT2D eigenvalue weighted by Gasteiger charge is -2.10. The Balaban J connectivity index is 1.21. The summed E-state index contributed by atoms with van der Waals surface area (Å²) >= 11 is 0. The van der Waals surface area contributed by atoms with E-state index in [9.17, 15) is 10.5 Å². The van der Waals surface area contributed by atoms with E-state index >= 15 is 0 Å². The third-order valence-electron chi connectivity index (χ3n) is 8.94. The molecular formula is C42H22N6O. The molecular weight excluding hydrogens is 605 g/mol. The second-order valence-electron chi connectivity index (χ2n) is 11.7. The second-order valence-corrected chi connectivity index (χ2v) is 11.7. The van der Waals surface area contributed by atoms with Crippen molar-refractivity contribution >= 4 is 43.5 Å². The van der Waals surface area contributed by atoms with E-state index in [1.165, 1.54) is 0 Å². The minimum atomic E-state index is 0.542. The van der Waals surface area contributed by atoms with Crippen molar-refractivity contribution in [3.05, 3.63) is 145 Å². The largest absolute Gasteiger partial charge is 0.456 e. The van der Waals surface area contributed by atoms with Crippen molar-refractivity contribution in [2.75, 3.05) is 0 Å². The third kappa shape index (κ3) is 4.66. The van der Waals surface area contributed by atoms with Gasteiger partial charge in [-0.25, -0.2) is 0 Å². The van der Waals surface area contributed by atoms with Crippen LogP contribution in [0.4, 0.5) is 0 Å². The first-order valence-corrected chi connectivity index (χ1v) is 15.6. The normalized spacial score (nSPS) is 11.2. The molecule has 9 rings (SSSR count). The zero-order chi connectivity index (χ0) is 32.9. The van der Waals surface area contributed by atoms with Crippen LogP contribution in [0.5, 0.6) is 0 Å². The molecule has 0 fully saturated rings. The third-order valence-corrected chi connectivity index (χ3v) is 8.94. The summed E-state index contributed by atoms with van der Waals surface area (Å²) in [5, 5.41) is 25.1. The fraction of sp³-hybridized carbons (Fsp3) is 0. The molecule has 0 atom stereocenters. The van der Waals surface area contributed by atoms with Gasteiger partial charge in [0.2, 0.25) is 0 Å². The molecule has 0 spiro atoms. The number of nitriles is 2. The molecule has 0 aliphatic heterocycles. The van der Waals surface area contributed by atoms with Gasteiger partial charge in [-0.3, -0.25) is 19.9 Å². The summed E-state index contributed by atoms with van der Waals surface area (Å²) in [6.07, 6.45) is 6.95. The molecule has 0 aliphatic rings. The Bertz CT molecular complexity index is 2650. The van der Waals surface area contributed by atoms with E-state index in [-0.39, 0.29) is 0 Å². The summed E-state index contributed by atoms with van der Waals surface area (Å²) in [4.78, 5) is 18.3. The van der Waals surface area contributed by atoms with Gasteiger partial charge < -0.3 is 4.42 Å². The smallest absolute Gasteiger partial charge is 0.136 e. The van der Waals surface area contributed by atoms with E-state index in [1.54, 1.807) is 36.7 Å². The highest BCUT2D eigenvalue weighted by molar-refractivity contribution is 6.29. The van der Waals surface area contributed by atoms with Crippen LogP contribution in [0.1, 0.15) is 11.1 Å². The molecule has 0 saturated heterocycles. The van der Waals surface area contributed by atoms with Crippen LogP contribution in [0.25, 0.3) is 88.5 Å². The van der Waals surface area contributed by atoms with Crippen LogP contribution < -0.4 is 0 Å². The Hall–Kier alpha value is -7.22. The van der Waals surface area contributed by atoms with E-state index in [0.717, 1.165) is 65.7 Å². The van der Waals surface area contributed by atoms with Crippen LogP contribution in [-0.2, 0) is 0 Å². The number of fused-ring (bicyclic) bond motifs is 7. The zero-order valence-electron chi connectivity index (χ0n) is 25.8. The van der Waals surface area contributed by atoms with Crippen molar-refractivity contribution in [2.45, 2.75) is 0 Å². The number of nitrogens with zero attached hydrogens (tertiary/aromatic N) is 6. The molecule has 5 aromatic heterocycles. The number of hydrogen-bond acceptors (Lipinski definition) is 7. The van der Waals surface area contributed by atoms with Crippen molar-refractivity contribution in [1.29, 1.82) is 10.5 Å². The SMILES string of the molecule is N#Cc1ccnc(-c2ccc(-c3cc4oc5cc(-c6ccc(-c7cc(C#N)ccn7)nc6)c6ccccc6c5c4c4ccccc34)cn2)c1. The summed E-state index contributed by atoms with van der Waals surface area (Å²) in [5.74, 6) is 0. The Morgan fingerprint density at radius 2 is 0.898 bits per heavy atom. The van der Waals surface area contributed by atoms with Gasteiger partial charge in [-0.1, -0.05) is 60.7 Å². The number of rotatable bonds is 4. The van der Waals surface area contributed by atoms with Gasteiger partial charge >= 0.3 is 0 Å². The Labute approximate surface area is 280 Å². The average molecular weight is 627 g/mol. The van der Waals surface area contributed by atoms with Gasteiger partial charge in [-0.15, -0.1) is 0 Å². The van der Waals surface area contributed by atoms with Gasteiger partial charge in [-0.2, -0.15) is 10.5 Å². The Kier molecular flexibility index (Phi) is 6.43. The molecule has 0 radical (unpaired) electrons. The Morgan fingerprint density at radius 1 is 0.449 bits per heavy atom. The van der Waals surface area contributed by atoms with Crippen molar-refractivity contribution in [2.24, 2.45) is 0 Å². The molecule has 9 aromatic rings. The van der Waals surface area contributed by atoms with Crippen LogP contribution in [0, 0.1) is 22.7 Å². The van der Waals surface area contributed by atoms with Crippen LogP contribution in [0.3, 0.4) is 0 Å². The lowest BCUT2D eigenvalue weighted by molar-refractivity contribution is 0.670. The van der Waals surface area contributed by atoms with Crippen LogP contribution in [-0.4, -0.2) is 19.9 Å².